The Morgan fingerprint density at radius 2 is 1.71 bits per heavy atom. The molecular formula is C12H22N2O10. The molecule has 0 aliphatic rings. The summed E-state index contributed by atoms with van der Waals surface area (Å²) in [4.78, 5) is 39.9. The second kappa shape index (κ2) is 10.4. The topological polar surface area (TPSA) is 150 Å². The molecule has 140 valence electrons. The van der Waals surface area contributed by atoms with Gasteiger partial charge in [0.15, 0.2) is 6.10 Å². The Hall–Kier alpha value is -2.37. The Balaban J connectivity index is 4.01. The molecule has 0 bridgehead atoms. The molecule has 12 nitrogen and oxygen atoms in total. The van der Waals surface area contributed by atoms with E-state index in [0.29, 0.717) is 0 Å². The van der Waals surface area contributed by atoms with Crippen LogP contribution in [-0.2, 0) is 23.9 Å². The molecule has 1 unspecified atom stereocenters. The fourth-order valence-electron chi connectivity index (χ4n) is 1.14. The van der Waals surface area contributed by atoms with E-state index in [1.165, 1.54) is 0 Å². The smallest absolute Gasteiger partial charge is 0.432 e. The van der Waals surface area contributed by atoms with E-state index in [1.54, 1.807) is 13.8 Å². The first-order chi connectivity index (χ1) is 11.0. The summed E-state index contributed by atoms with van der Waals surface area (Å²) in [7, 11) is 0. The van der Waals surface area contributed by atoms with Gasteiger partial charge < -0.3 is 23.9 Å². The van der Waals surface area contributed by atoms with Crippen LogP contribution in [0.1, 0.15) is 27.7 Å². The summed E-state index contributed by atoms with van der Waals surface area (Å²) in [6.07, 6.45) is -2.15. The van der Waals surface area contributed by atoms with E-state index in [0.717, 1.165) is 0 Å². The molecule has 0 aliphatic heterocycles. The van der Waals surface area contributed by atoms with Crippen LogP contribution >= 0.6 is 0 Å². The van der Waals surface area contributed by atoms with Crippen LogP contribution in [0.15, 0.2) is 0 Å². The molecule has 0 rings (SSSR count). The molecule has 24 heavy (non-hydrogen) atoms. The molecule has 0 radical (unpaired) electrons. The van der Waals surface area contributed by atoms with Crippen molar-refractivity contribution >= 4 is 6.16 Å². The van der Waals surface area contributed by atoms with Crippen LogP contribution in [0.3, 0.4) is 0 Å². The summed E-state index contributed by atoms with van der Waals surface area (Å²) in [5.41, 5.74) is -0.692. The second-order valence-corrected chi connectivity index (χ2v) is 5.50. The van der Waals surface area contributed by atoms with Crippen LogP contribution in [-0.4, -0.2) is 54.5 Å². The van der Waals surface area contributed by atoms with Gasteiger partial charge in [0.05, 0.1) is 13.2 Å². The van der Waals surface area contributed by atoms with Gasteiger partial charge in [-0.25, -0.2) is 4.79 Å². The van der Waals surface area contributed by atoms with Crippen LogP contribution < -0.4 is 0 Å². The Bertz CT molecular complexity index is 426. The van der Waals surface area contributed by atoms with Crippen LogP contribution in [0.5, 0.6) is 0 Å². The summed E-state index contributed by atoms with van der Waals surface area (Å²) < 4.78 is 14.9. The third-order valence-corrected chi connectivity index (χ3v) is 3.09. The molecule has 0 aromatic heterocycles. The summed E-state index contributed by atoms with van der Waals surface area (Å²) in [6, 6.07) is 0. The fraction of sp³-hybridized carbons (Fsp3) is 0.917. The maximum absolute atomic E-state index is 11.5. The Morgan fingerprint density at radius 3 is 2.21 bits per heavy atom. The van der Waals surface area contributed by atoms with Gasteiger partial charge in [0.1, 0.15) is 18.8 Å². The first-order valence-corrected chi connectivity index (χ1v) is 7.06. The lowest BCUT2D eigenvalue weighted by molar-refractivity contribution is -0.790. The van der Waals surface area contributed by atoms with E-state index < -0.39 is 34.6 Å². The molecule has 0 aromatic carbocycles. The summed E-state index contributed by atoms with van der Waals surface area (Å²) in [5, 5.41) is 18.1. The van der Waals surface area contributed by atoms with E-state index in [2.05, 4.69) is 9.68 Å². The molecule has 0 aliphatic carbocycles. The van der Waals surface area contributed by atoms with Gasteiger partial charge >= 0.3 is 6.16 Å². The third-order valence-electron chi connectivity index (χ3n) is 3.09. The van der Waals surface area contributed by atoms with Crippen molar-refractivity contribution in [3.8, 4) is 0 Å². The molecule has 0 fully saturated rings. The summed E-state index contributed by atoms with van der Waals surface area (Å²) in [5.74, 6) is 0.0860. The van der Waals surface area contributed by atoms with E-state index in [1.807, 2.05) is 13.8 Å². The van der Waals surface area contributed by atoms with Gasteiger partial charge in [-0.15, -0.1) is 20.2 Å². The highest BCUT2D eigenvalue weighted by molar-refractivity contribution is 5.60. The number of carbonyl (C=O) groups is 1. The molecule has 12 heteroatoms. The molecule has 1 atom stereocenters. The molecule has 0 N–H and O–H groups in total. The molecule has 0 amide bonds. The molecule has 0 saturated carbocycles. The maximum atomic E-state index is 11.5. The van der Waals surface area contributed by atoms with Gasteiger partial charge in [-0.3, -0.25) is 0 Å². The van der Waals surface area contributed by atoms with Crippen LogP contribution in [0.4, 0.5) is 4.79 Å². The maximum Gasteiger partial charge on any atom is 0.508 e. The average Bonchev–Trinajstić information content (AvgIpc) is 2.42. The summed E-state index contributed by atoms with van der Waals surface area (Å²) in [6.45, 7) is 5.97. The number of nitrogens with zero attached hydrogens (tertiary/aromatic N) is 2. The zero-order chi connectivity index (χ0) is 18.8. The minimum Gasteiger partial charge on any atom is -0.432 e. The number of ether oxygens (including phenoxy) is 3. The van der Waals surface area contributed by atoms with Gasteiger partial charge in [0, 0.05) is 0 Å². The normalized spacial score (nSPS) is 12.4. The largest absolute Gasteiger partial charge is 0.508 e. The lowest BCUT2D eigenvalue weighted by Crippen LogP contribution is -2.34. The first kappa shape index (κ1) is 21.6. The molecule has 0 aromatic rings. The van der Waals surface area contributed by atoms with Crippen molar-refractivity contribution in [1.29, 1.82) is 0 Å². The number of hydrogen-bond acceptors (Lipinski definition) is 10. The van der Waals surface area contributed by atoms with Gasteiger partial charge in [-0.1, -0.05) is 13.8 Å². The van der Waals surface area contributed by atoms with Gasteiger partial charge in [-0.2, -0.15) is 0 Å². The fourth-order valence-corrected chi connectivity index (χ4v) is 1.14. The minimum atomic E-state index is -1.28. The molecule has 0 saturated heterocycles. The highest BCUT2D eigenvalue weighted by atomic mass is 17.0. The predicted molar refractivity (Wildman–Crippen MR) is 77.0 cm³/mol. The van der Waals surface area contributed by atoms with Crippen molar-refractivity contribution in [3.63, 3.8) is 0 Å². The van der Waals surface area contributed by atoms with Crippen molar-refractivity contribution in [2.45, 2.75) is 39.4 Å². The van der Waals surface area contributed by atoms with Gasteiger partial charge in [0.25, 0.3) is 10.2 Å². The lowest BCUT2D eigenvalue weighted by atomic mass is 9.95. The predicted octanol–water partition coefficient (Wildman–Crippen LogP) is 1.38. The molecule has 0 spiro atoms. The van der Waals surface area contributed by atoms with Crippen molar-refractivity contribution in [1.82, 2.24) is 0 Å². The van der Waals surface area contributed by atoms with E-state index in [-0.39, 0.29) is 25.7 Å². The number of rotatable bonds is 12. The molecular weight excluding hydrogens is 332 g/mol. The van der Waals surface area contributed by atoms with Crippen LogP contribution in [0.25, 0.3) is 0 Å². The summed E-state index contributed by atoms with van der Waals surface area (Å²) >= 11 is 0. The highest BCUT2D eigenvalue weighted by Gasteiger charge is 2.27. The number of carbonyl (C=O) groups excluding carboxylic acids is 1. The monoisotopic (exact) mass is 354 g/mol. The lowest BCUT2D eigenvalue weighted by Gasteiger charge is -2.28. The van der Waals surface area contributed by atoms with E-state index in [4.69, 9.17) is 14.2 Å². The second-order valence-electron chi connectivity index (χ2n) is 5.50. The van der Waals surface area contributed by atoms with Gasteiger partial charge in [0.2, 0.25) is 0 Å². The zero-order valence-corrected chi connectivity index (χ0v) is 14.0. The minimum absolute atomic E-state index is 0.0860. The Morgan fingerprint density at radius 1 is 1.08 bits per heavy atom. The Labute approximate surface area is 138 Å². The quantitative estimate of drug-likeness (QED) is 0.217. The van der Waals surface area contributed by atoms with Crippen molar-refractivity contribution < 1.29 is 38.9 Å². The molecule has 0 heterocycles. The first-order valence-electron chi connectivity index (χ1n) is 7.06. The van der Waals surface area contributed by atoms with Gasteiger partial charge in [-0.05, 0) is 19.8 Å². The van der Waals surface area contributed by atoms with E-state index in [9.17, 15) is 25.0 Å². The highest BCUT2D eigenvalue weighted by Crippen LogP contribution is 2.20. The van der Waals surface area contributed by atoms with Crippen LogP contribution in [0.2, 0.25) is 0 Å². The van der Waals surface area contributed by atoms with Crippen LogP contribution in [0, 0.1) is 26.1 Å². The standard InChI is InChI=1S/C12H22N2O10/c1-9(2)12(3,4)23-11(15)21-6-5-20-7-10(24-14(18)19)8-22-13(16)17/h9-10H,5-8H2,1-4H3. The van der Waals surface area contributed by atoms with Crippen molar-refractivity contribution in [3.05, 3.63) is 20.2 Å². The SMILES string of the molecule is CC(C)C(C)(C)OC(=O)OCCOCC(CO[N+](=O)[O-])O[N+](=O)[O-]. The third kappa shape index (κ3) is 10.4. The number of hydrogen-bond donors (Lipinski definition) is 0. The van der Waals surface area contributed by atoms with E-state index >= 15 is 0 Å². The van der Waals surface area contributed by atoms with Crippen molar-refractivity contribution in [2.24, 2.45) is 5.92 Å². The zero-order valence-electron chi connectivity index (χ0n) is 14.0. The Kier molecular flexibility index (Phi) is 9.38. The average molecular weight is 354 g/mol. The van der Waals surface area contributed by atoms with Crippen molar-refractivity contribution in [2.75, 3.05) is 26.4 Å².